The van der Waals surface area contributed by atoms with Gasteiger partial charge in [0.05, 0.1) is 10.8 Å². The summed E-state index contributed by atoms with van der Waals surface area (Å²) in [7, 11) is 0. The Morgan fingerprint density at radius 1 is 1.35 bits per heavy atom. The number of rotatable bonds is 2. The standard InChI is InChI=1S/C16H16F3N3O4/c1-9-3-2-4-12-13(9)20-21(15(12,24)16(17,18)19)14(23)10-5-7-11(8-6-10)22(25)26/h5-9,12,24H,2-4H2,1H3/t9-,12-,15-/m1/s1. The van der Waals surface area contributed by atoms with Crippen LogP contribution in [0.3, 0.4) is 0 Å². The maximum Gasteiger partial charge on any atom is 0.439 e. The second-order valence-corrected chi connectivity index (χ2v) is 6.55. The van der Waals surface area contributed by atoms with Gasteiger partial charge in [-0.2, -0.15) is 23.3 Å². The molecule has 1 heterocycles. The molecule has 0 unspecified atom stereocenters. The van der Waals surface area contributed by atoms with E-state index in [0.717, 1.165) is 24.3 Å². The first-order valence-corrected chi connectivity index (χ1v) is 8.04. The highest BCUT2D eigenvalue weighted by Gasteiger charge is 2.69. The highest BCUT2D eigenvalue weighted by Crippen LogP contribution is 2.49. The number of hydrazone groups is 1. The van der Waals surface area contributed by atoms with E-state index in [4.69, 9.17) is 0 Å². The first-order chi connectivity index (χ1) is 12.1. The van der Waals surface area contributed by atoms with Gasteiger partial charge in [0.1, 0.15) is 0 Å². The molecule has 1 aliphatic carbocycles. The fourth-order valence-corrected chi connectivity index (χ4v) is 3.55. The van der Waals surface area contributed by atoms with Crippen LogP contribution in [0.2, 0.25) is 0 Å². The van der Waals surface area contributed by atoms with Crippen molar-refractivity contribution < 1.29 is 28.0 Å². The number of hydrogen-bond acceptors (Lipinski definition) is 5. The SMILES string of the molecule is C[C@@H]1CCC[C@@H]2C1=NN(C(=O)c1ccc([N+](=O)[O-])cc1)[C@]2(O)C(F)(F)F. The minimum atomic E-state index is -5.10. The maximum absolute atomic E-state index is 13.7. The molecular formula is C16H16F3N3O4. The Morgan fingerprint density at radius 2 is 1.96 bits per heavy atom. The summed E-state index contributed by atoms with van der Waals surface area (Å²) in [4.78, 5) is 22.6. The Hall–Kier alpha value is -2.49. The largest absolute Gasteiger partial charge is 0.439 e. The summed E-state index contributed by atoms with van der Waals surface area (Å²) in [6.07, 6.45) is -3.91. The lowest BCUT2D eigenvalue weighted by molar-refractivity contribution is -0.384. The third-order valence-electron chi connectivity index (χ3n) is 4.95. The molecule has 1 aromatic rings. The van der Waals surface area contributed by atoms with Crippen LogP contribution < -0.4 is 0 Å². The quantitative estimate of drug-likeness (QED) is 0.638. The number of aliphatic hydroxyl groups is 1. The minimum Gasteiger partial charge on any atom is -0.362 e. The van der Waals surface area contributed by atoms with E-state index < -0.39 is 28.6 Å². The second kappa shape index (κ2) is 6.04. The molecule has 1 amide bonds. The van der Waals surface area contributed by atoms with Gasteiger partial charge in [-0.3, -0.25) is 14.9 Å². The van der Waals surface area contributed by atoms with Crippen LogP contribution in [0.25, 0.3) is 0 Å². The van der Waals surface area contributed by atoms with Crippen molar-refractivity contribution in [3.05, 3.63) is 39.9 Å². The highest BCUT2D eigenvalue weighted by atomic mass is 19.4. The lowest BCUT2D eigenvalue weighted by Gasteiger charge is -2.39. The van der Waals surface area contributed by atoms with Crippen molar-refractivity contribution in [2.75, 3.05) is 0 Å². The molecular weight excluding hydrogens is 355 g/mol. The summed E-state index contributed by atoms with van der Waals surface area (Å²) < 4.78 is 41.2. The topological polar surface area (TPSA) is 96.0 Å². The van der Waals surface area contributed by atoms with Crippen LogP contribution in [-0.4, -0.2) is 38.6 Å². The number of nitro groups is 1. The van der Waals surface area contributed by atoms with Gasteiger partial charge in [-0.15, -0.1) is 0 Å². The molecule has 1 N–H and O–H groups in total. The van der Waals surface area contributed by atoms with E-state index in [9.17, 15) is 33.2 Å². The third kappa shape index (κ3) is 2.64. The molecule has 1 saturated carbocycles. The van der Waals surface area contributed by atoms with Gasteiger partial charge in [0.25, 0.3) is 17.3 Å². The summed E-state index contributed by atoms with van der Waals surface area (Å²) in [5.41, 5.74) is -3.79. The molecule has 26 heavy (non-hydrogen) atoms. The number of benzene rings is 1. The summed E-state index contributed by atoms with van der Waals surface area (Å²) in [6.45, 7) is 1.71. The van der Waals surface area contributed by atoms with Crippen molar-refractivity contribution in [1.82, 2.24) is 5.01 Å². The Kier molecular flexibility index (Phi) is 4.26. The van der Waals surface area contributed by atoms with Gasteiger partial charge in [-0.05, 0) is 30.9 Å². The van der Waals surface area contributed by atoms with Gasteiger partial charge in [0.2, 0.25) is 0 Å². The first-order valence-electron chi connectivity index (χ1n) is 8.04. The van der Waals surface area contributed by atoms with Crippen LogP contribution in [0.5, 0.6) is 0 Å². The number of nitro benzene ring substituents is 1. The molecule has 3 atom stereocenters. The maximum atomic E-state index is 13.7. The number of hydrogen-bond donors (Lipinski definition) is 1. The molecule has 1 aliphatic heterocycles. The zero-order chi connectivity index (χ0) is 19.3. The van der Waals surface area contributed by atoms with Crippen molar-refractivity contribution in [3.8, 4) is 0 Å². The van der Waals surface area contributed by atoms with Gasteiger partial charge in [0.15, 0.2) is 0 Å². The zero-order valence-electron chi connectivity index (χ0n) is 13.7. The van der Waals surface area contributed by atoms with Gasteiger partial charge in [0, 0.05) is 23.4 Å². The number of alkyl halides is 3. The third-order valence-corrected chi connectivity index (χ3v) is 4.95. The molecule has 2 aliphatic rings. The summed E-state index contributed by atoms with van der Waals surface area (Å²) in [6, 6.07) is 4.11. The van der Waals surface area contributed by atoms with Crippen LogP contribution in [0.1, 0.15) is 36.5 Å². The summed E-state index contributed by atoms with van der Waals surface area (Å²) >= 11 is 0. The Morgan fingerprint density at radius 3 is 2.50 bits per heavy atom. The average molecular weight is 371 g/mol. The number of fused-ring (bicyclic) bond motifs is 1. The van der Waals surface area contributed by atoms with E-state index in [0.29, 0.717) is 12.8 Å². The molecule has 0 spiro atoms. The van der Waals surface area contributed by atoms with E-state index in [2.05, 4.69) is 5.10 Å². The lowest BCUT2D eigenvalue weighted by Crippen LogP contribution is -2.61. The van der Waals surface area contributed by atoms with Gasteiger partial charge < -0.3 is 5.11 Å². The average Bonchev–Trinajstić information content (AvgIpc) is 2.90. The molecule has 3 rings (SSSR count). The number of carbonyl (C=O) groups excluding carboxylic acids is 1. The van der Waals surface area contributed by atoms with Crippen molar-refractivity contribution in [1.29, 1.82) is 0 Å². The first kappa shape index (κ1) is 18.3. The van der Waals surface area contributed by atoms with E-state index >= 15 is 0 Å². The molecule has 140 valence electrons. The molecule has 0 saturated heterocycles. The Labute approximate surface area is 146 Å². The van der Waals surface area contributed by atoms with Crippen LogP contribution in [0, 0.1) is 22.0 Å². The van der Waals surface area contributed by atoms with Crippen LogP contribution >= 0.6 is 0 Å². The molecule has 0 aromatic heterocycles. The van der Waals surface area contributed by atoms with Crippen molar-refractivity contribution in [2.45, 2.75) is 38.1 Å². The summed E-state index contributed by atoms with van der Waals surface area (Å²) in [5.74, 6) is -2.75. The fraction of sp³-hybridized carbons (Fsp3) is 0.500. The predicted molar refractivity (Wildman–Crippen MR) is 84.2 cm³/mol. The molecule has 1 fully saturated rings. The number of non-ortho nitro benzene ring substituents is 1. The normalized spacial score (nSPS) is 28.5. The van der Waals surface area contributed by atoms with E-state index in [1.165, 1.54) is 0 Å². The van der Waals surface area contributed by atoms with Crippen LogP contribution in [0.15, 0.2) is 29.4 Å². The molecule has 0 bridgehead atoms. The molecule has 10 heteroatoms. The van der Waals surface area contributed by atoms with Crippen molar-refractivity contribution in [2.24, 2.45) is 16.9 Å². The lowest BCUT2D eigenvalue weighted by atomic mass is 9.75. The van der Waals surface area contributed by atoms with E-state index in [1.807, 2.05) is 0 Å². The van der Waals surface area contributed by atoms with Crippen molar-refractivity contribution >= 4 is 17.3 Å². The number of carbonyl (C=O) groups is 1. The molecule has 1 aromatic carbocycles. The number of nitrogens with zero attached hydrogens (tertiary/aromatic N) is 3. The van der Waals surface area contributed by atoms with Gasteiger partial charge >= 0.3 is 6.18 Å². The second-order valence-electron chi connectivity index (χ2n) is 6.55. The van der Waals surface area contributed by atoms with E-state index in [-0.39, 0.29) is 34.3 Å². The number of halogens is 3. The molecule has 7 nitrogen and oxygen atoms in total. The monoisotopic (exact) mass is 371 g/mol. The zero-order valence-corrected chi connectivity index (χ0v) is 13.7. The van der Waals surface area contributed by atoms with Gasteiger partial charge in [-0.1, -0.05) is 13.3 Å². The smallest absolute Gasteiger partial charge is 0.362 e. The van der Waals surface area contributed by atoms with Crippen LogP contribution in [0.4, 0.5) is 18.9 Å². The fourth-order valence-electron chi connectivity index (χ4n) is 3.55. The van der Waals surface area contributed by atoms with Crippen LogP contribution in [-0.2, 0) is 0 Å². The highest BCUT2D eigenvalue weighted by molar-refractivity contribution is 6.00. The molecule has 0 radical (unpaired) electrons. The van der Waals surface area contributed by atoms with Gasteiger partial charge in [-0.25, -0.2) is 0 Å². The Balaban J connectivity index is 2.02. The minimum absolute atomic E-state index is 0.0726. The Bertz CT molecular complexity index is 778. The van der Waals surface area contributed by atoms with Crippen molar-refractivity contribution in [3.63, 3.8) is 0 Å². The predicted octanol–water partition coefficient (Wildman–Crippen LogP) is 3.09. The summed E-state index contributed by atoms with van der Waals surface area (Å²) in [5, 5.41) is 25.1. The van der Waals surface area contributed by atoms with E-state index in [1.54, 1.807) is 6.92 Å². The number of amides is 1.